The maximum Gasteiger partial charge on any atom is 0.280 e. The molecule has 5 rings (SSSR count). The normalized spacial score (nSPS) is 15.6. The lowest BCUT2D eigenvalue weighted by atomic mass is 10.1. The number of nitrogens with one attached hydrogen (secondary N) is 1. The summed E-state index contributed by atoms with van der Waals surface area (Å²) >= 11 is 1.19. The van der Waals surface area contributed by atoms with Gasteiger partial charge in [-0.15, -0.1) is 0 Å². The molecule has 1 atom stereocenters. The highest BCUT2D eigenvalue weighted by atomic mass is 32.2. The van der Waals surface area contributed by atoms with E-state index >= 15 is 0 Å². The number of rotatable bonds is 13. The predicted molar refractivity (Wildman–Crippen MR) is 161 cm³/mol. The number of carbonyl (C=O) groups is 1. The van der Waals surface area contributed by atoms with Crippen molar-refractivity contribution in [1.82, 2.24) is 24.8 Å². The molecule has 1 amide bonds. The van der Waals surface area contributed by atoms with Crippen LogP contribution in [-0.4, -0.2) is 90.1 Å². The summed E-state index contributed by atoms with van der Waals surface area (Å²) < 4.78 is 37.0. The average Bonchev–Trinajstić information content (AvgIpc) is 3.70. The zero-order chi connectivity index (χ0) is 30.2. The summed E-state index contributed by atoms with van der Waals surface area (Å²) in [7, 11) is -1.56. The minimum Gasteiger partial charge on any atom is -0.476 e. The zero-order valence-corrected chi connectivity index (χ0v) is 25.3. The second kappa shape index (κ2) is 13.9. The minimum atomic E-state index is -3.57. The molecule has 43 heavy (non-hydrogen) atoms. The molecule has 3 aromatic heterocycles. The molecule has 1 aliphatic rings. The van der Waals surface area contributed by atoms with Crippen molar-refractivity contribution in [3.63, 3.8) is 0 Å². The molecule has 1 aliphatic heterocycles. The van der Waals surface area contributed by atoms with Crippen LogP contribution in [0.2, 0.25) is 0 Å². The predicted octanol–water partition coefficient (Wildman–Crippen LogP) is 2.93. The monoisotopic (exact) mass is 625 g/mol. The van der Waals surface area contributed by atoms with Gasteiger partial charge in [0.2, 0.25) is 5.88 Å². The Morgan fingerprint density at radius 1 is 1.16 bits per heavy atom. The highest BCUT2D eigenvalue weighted by Gasteiger charge is 2.31. The Kier molecular flexibility index (Phi) is 9.86. The number of likely N-dealkylation sites (N-methyl/N-ethyl adjacent to an activating group) is 1. The van der Waals surface area contributed by atoms with Crippen LogP contribution >= 0.6 is 11.3 Å². The lowest BCUT2D eigenvalue weighted by Crippen LogP contribution is -2.25. The van der Waals surface area contributed by atoms with E-state index in [1.165, 1.54) is 35.6 Å². The number of pyridine rings is 1. The molecular formula is C28H31N7O6S2. The summed E-state index contributed by atoms with van der Waals surface area (Å²) in [5.41, 5.74) is 0.861. The van der Waals surface area contributed by atoms with Gasteiger partial charge in [0, 0.05) is 37.2 Å². The van der Waals surface area contributed by atoms with Crippen LogP contribution in [-0.2, 0) is 30.8 Å². The van der Waals surface area contributed by atoms with Crippen LogP contribution in [0.5, 0.6) is 5.88 Å². The molecule has 0 aliphatic carbocycles. The number of nitrogens with zero attached hydrogens (tertiary/aromatic N) is 6. The van der Waals surface area contributed by atoms with E-state index in [1.807, 2.05) is 7.05 Å². The first-order valence-electron chi connectivity index (χ1n) is 13.6. The number of fused-ring (bicyclic) bond motifs is 1. The molecule has 15 heteroatoms. The molecule has 226 valence electrons. The quantitative estimate of drug-likeness (QED) is 0.172. The summed E-state index contributed by atoms with van der Waals surface area (Å²) in [6, 6.07) is 11.1. The number of thiazole rings is 1. The van der Waals surface area contributed by atoms with Crippen molar-refractivity contribution in [2.45, 2.75) is 30.1 Å². The van der Waals surface area contributed by atoms with Gasteiger partial charge in [-0.25, -0.2) is 28.4 Å². The number of oxime groups is 1. The van der Waals surface area contributed by atoms with Gasteiger partial charge in [-0.2, -0.15) is 0 Å². The molecule has 0 radical (unpaired) electrons. The Morgan fingerprint density at radius 3 is 2.67 bits per heavy atom. The fourth-order valence-corrected chi connectivity index (χ4v) is 6.50. The van der Waals surface area contributed by atoms with Crippen molar-refractivity contribution in [3.05, 3.63) is 66.2 Å². The first-order valence-corrected chi connectivity index (χ1v) is 16.0. The third-order valence-corrected chi connectivity index (χ3v) is 9.74. The number of aromatic nitrogens is 4. The van der Waals surface area contributed by atoms with Gasteiger partial charge in [-0.3, -0.25) is 10.1 Å². The standard InChI is InChI=1S/C28H31N7O6S2/c1-3-35(2)14-16-40-24-10-9-22-27(32-24)42-28(31-22)33-26(36)25(34-41-18-23-29-12-4-13-30-23)19-5-7-20(8-6-19)43(37,38)21-11-15-39-17-21/h4-10,12-13,21H,3,11,14-18H2,1-2H3,(H,31,33,36)/t21-/m0/s1. The molecule has 0 bridgehead atoms. The third-order valence-electron chi connectivity index (χ3n) is 6.68. The summed E-state index contributed by atoms with van der Waals surface area (Å²) in [5, 5.41) is 6.53. The van der Waals surface area contributed by atoms with Crippen molar-refractivity contribution in [2.24, 2.45) is 5.16 Å². The maximum absolute atomic E-state index is 13.5. The van der Waals surface area contributed by atoms with Crippen molar-refractivity contribution < 1.29 is 27.5 Å². The maximum atomic E-state index is 13.5. The van der Waals surface area contributed by atoms with Crippen LogP contribution in [0.25, 0.3) is 10.3 Å². The smallest absolute Gasteiger partial charge is 0.280 e. The van der Waals surface area contributed by atoms with Gasteiger partial charge in [-0.05, 0) is 44.3 Å². The topological polar surface area (TPSA) is 158 Å². The minimum absolute atomic E-state index is 0.0757. The van der Waals surface area contributed by atoms with Crippen molar-refractivity contribution in [1.29, 1.82) is 0 Å². The zero-order valence-electron chi connectivity index (χ0n) is 23.7. The number of anilines is 1. The van der Waals surface area contributed by atoms with Gasteiger partial charge in [0.25, 0.3) is 5.91 Å². The molecular weight excluding hydrogens is 594 g/mol. The van der Waals surface area contributed by atoms with Crippen molar-refractivity contribution in [3.8, 4) is 5.88 Å². The molecule has 4 heterocycles. The largest absolute Gasteiger partial charge is 0.476 e. The van der Waals surface area contributed by atoms with E-state index < -0.39 is 21.0 Å². The van der Waals surface area contributed by atoms with E-state index in [-0.39, 0.29) is 23.8 Å². The second-order valence-corrected chi connectivity index (χ2v) is 12.8. The van der Waals surface area contributed by atoms with E-state index in [1.54, 1.807) is 30.6 Å². The fraction of sp³-hybridized carbons (Fsp3) is 0.357. The molecule has 1 aromatic carbocycles. The first kappa shape index (κ1) is 30.4. The Labute approximate surface area is 252 Å². The second-order valence-electron chi connectivity index (χ2n) is 9.62. The highest BCUT2D eigenvalue weighted by Crippen LogP contribution is 2.27. The molecule has 1 fully saturated rings. The summed E-state index contributed by atoms with van der Waals surface area (Å²) in [6.45, 7) is 4.75. The number of ether oxygens (including phenoxy) is 2. The van der Waals surface area contributed by atoms with Gasteiger partial charge >= 0.3 is 0 Å². The van der Waals surface area contributed by atoms with E-state index in [9.17, 15) is 13.2 Å². The van der Waals surface area contributed by atoms with Gasteiger partial charge in [0.15, 0.2) is 33.1 Å². The lowest BCUT2D eigenvalue weighted by Gasteiger charge is -2.13. The average molecular weight is 626 g/mol. The Morgan fingerprint density at radius 2 is 1.95 bits per heavy atom. The highest BCUT2D eigenvalue weighted by molar-refractivity contribution is 7.92. The molecule has 13 nitrogen and oxygen atoms in total. The molecule has 1 N–H and O–H groups in total. The van der Waals surface area contributed by atoms with Crippen LogP contribution in [0.4, 0.5) is 5.13 Å². The number of carbonyl (C=O) groups excluding carboxylic acids is 1. The van der Waals surface area contributed by atoms with E-state index in [0.717, 1.165) is 13.1 Å². The number of hydrogen-bond donors (Lipinski definition) is 1. The molecule has 0 saturated carbocycles. The van der Waals surface area contributed by atoms with Gasteiger partial charge in [-0.1, -0.05) is 35.5 Å². The Hall–Kier alpha value is -4.05. The van der Waals surface area contributed by atoms with Crippen molar-refractivity contribution in [2.75, 3.05) is 45.3 Å². The third kappa shape index (κ3) is 7.67. The van der Waals surface area contributed by atoms with Crippen molar-refractivity contribution >= 4 is 48.3 Å². The molecule has 1 saturated heterocycles. The molecule has 0 unspecified atom stereocenters. The summed E-state index contributed by atoms with van der Waals surface area (Å²) in [4.78, 5) is 38.9. The Balaban J connectivity index is 1.34. The number of sulfone groups is 1. The van der Waals surface area contributed by atoms with Crippen LogP contribution in [0.1, 0.15) is 24.7 Å². The van der Waals surface area contributed by atoms with Crippen LogP contribution in [0, 0.1) is 0 Å². The Bertz CT molecular complexity index is 1680. The fourth-order valence-electron chi connectivity index (χ4n) is 4.09. The summed E-state index contributed by atoms with van der Waals surface area (Å²) in [5.74, 6) is 0.242. The van der Waals surface area contributed by atoms with Gasteiger partial charge < -0.3 is 19.2 Å². The van der Waals surface area contributed by atoms with E-state index in [2.05, 4.69) is 42.2 Å². The van der Waals surface area contributed by atoms with E-state index in [4.69, 9.17) is 14.3 Å². The summed E-state index contributed by atoms with van der Waals surface area (Å²) in [6.07, 6.45) is 3.58. The van der Waals surface area contributed by atoms with Crippen LogP contribution in [0.3, 0.4) is 0 Å². The lowest BCUT2D eigenvalue weighted by molar-refractivity contribution is -0.110. The number of benzene rings is 1. The van der Waals surface area contributed by atoms with Crippen LogP contribution in [0.15, 0.2) is 64.9 Å². The van der Waals surface area contributed by atoms with Gasteiger partial charge in [0.05, 0.1) is 16.8 Å². The molecule has 4 aromatic rings. The van der Waals surface area contributed by atoms with E-state index in [0.29, 0.717) is 52.4 Å². The number of amides is 1. The van der Waals surface area contributed by atoms with Crippen LogP contribution < -0.4 is 10.1 Å². The molecule has 0 spiro atoms. The SMILES string of the molecule is CCN(C)CCOc1ccc2nc(NC(=O)C(=NOCc3ncccn3)c3ccc(S(=O)(=O)[C@H]4CCOC4)cc3)sc2n1. The van der Waals surface area contributed by atoms with Gasteiger partial charge in [0.1, 0.15) is 17.0 Å². The number of hydrogen-bond acceptors (Lipinski definition) is 13. The first-order chi connectivity index (χ1) is 20.8.